The molecule has 134 valence electrons. The van der Waals surface area contributed by atoms with Crippen molar-refractivity contribution in [3.05, 3.63) is 51.8 Å². The van der Waals surface area contributed by atoms with Crippen molar-refractivity contribution < 1.29 is 14.3 Å². The smallest absolute Gasteiger partial charge is 0.279 e. The number of nitrogens with zero attached hydrogens (tertiary/aromatic N) is 2. The van der Waals surface area contributed by atoms with Crippen LogP contribution in [0.25, 0.3) is 10.2 Å². The summed E-state index contributed by atoms with van der Waals surface area (Å²) in [6.45, 7) is 8.03. The number of carbonyl (C=O) groups is 1. The summed E-state index contributed by atoms with van der Waals surface area (Å²) in [5.74, 6) is 0.998. The summed E-state index contributed by atoms with van der Waals surface area (Å²) in [5.41, 5.74) is 4.05. The maximum atomic E-state index is 12.7. The third-order valence-corrected chi connectivity index (χ3v) is 5.65. The van der Waals surface area contributed by atoms with Gasteiger partial charge in [0.1, 0.15) is 13.2 Å². The first-order valence-corrected chi connectivity index (χ1v) is 9.47. The molecule has 5 nitrogen and oxygen atoms in total. The highest BCUT2D eigenvalue weighted by Crippen LogP contribution is 2.31. The minimum atomic E-state index is -0.273. The molecule has 6 heteroatoms. The summed E-state index contributed by atoms with van der Waals surface area (Å²) in [5, 5.41) is 0. The summed E-state index contributed by atoms with van der Waals surface area (Å²) in [7, 11) is 0. The van der Waals surface area contributed by atoms with Gasteiger partial charge in [0.05, 0.1) is 10.2 Å². The van der Waals surface area contributed by atoms with E-state index in [1.54, 1.807) is 29.5 Å². The van der Waals surface area contributed by atoms with E-state index >= 15 is 0 Å². The van der Waals surface area contributed by atoms with Crippen LogP contribution in [0.15, 0.2) is 35.3 Å². The summed E-state index contributed by atoms with van der Waals surface area (Å²) >= 11 is 1.56. The van der Waals surface area contributed by atoms with Gasteiger partial charge in [-0.1, -0.05) is 17.4 Å². The van der Waals surface area contributed by atoms with Crippen LogP contribution in [0.3, 0.4) is 0 Å². The molecule has 0 bridgehead atoms. The maximum absolute atomic E-state index is 12.7. The average molecular weight is 368 g/mol. The Balaban J connectivity index is 1.80. The molecular formula is C20H20N2O3S. The molecule has 0 N–H and O–H groups in total. The van der Waals surface area contributed by atoms with E-state index < -0.39 is 0 Å². The Morgan fingerprint density at radius 3 is 2.69 bits per heavy atom. The Kier molecular flexibility index (Phi) is 4.28. The molecule has 0 unspecified atom stereocenters. The van der Waals surface area contributed by atoms with Crippen LogP contribution >= 0.6 is 11.3 Å². The molecule has 1 amide bonds. The molecule has 1 aliphatic rings. The minimum absolute atomic E-state index is 0.273. The van der Waals surface area contributed by atoms with Gasteiger partial charge in [-0.2, -0.15) is 4.99 Å². The second-order valence-electron chi connectivity index (χ2n) is 6.33. The van der Waals surface area contributed by atoms with Crippen molar-refractivity contribution in [2.45, 2.75) is 27.3 Å². The number of benzene rings is 2. The lowest BCUT2D eigenvalue weighted by molar-refractivity contribution is 0.0996. The van der Waals surface area contributed by atoms with Gasteiger partial charge in [0.15, 0.2) is 16.3 Å². The van der Waals surface area contributed by atoms with E-state index in [0.29, 0.717) is 30.3 Å². The van der Waals surface area contributed by atoms with Gasteiger partial charge in [0, 0.05) is 12.1 Å². The number of rotatable bonds is 2. The Labute approximate surface area is 155 Å². The lowest BCUT2D eigenvalue weighted by Gasteiger charge is -2.18. The first-order chi connectivity index (χ1) is 12.6. The highest BCUT2D eigenvalue weighted by Gasteiger charge is 2.15. The fourth-order valence-corrected chi connectivity index (χ4v) is 4.37. The fraction of sp³-hybridized carbons (Fsp3) is 0.300. The summed E-state index contributed by atoms with van der Waals surface area (Å²) in [6, 6.07) is 9.52. The Morgan fingerprint density at radius 2 is 1.92 bits per heavy atom. The van der Waals surface area contributed by atoms with E-state index in [1.165, 1.54) is 15.8 Å². The lowest BCUT2D eigenvalue weighted by Crippen LogP contribution is -2.17. The monoisotopic (exact) mass is 368 g/mol. The predicted octanol–water partition coefficient (Wildman–Crippen LogP) is 3.85. The van der Waals surface area contributed by atoms with E-state index in [-0.39, 0.29) is 5.91 Å². The number of ether oxygens (including phenoxy) is 2. The van der Waals surface area contributed by atoms with E-state index in [2.05, 4.69) is 42.5 Å². The van der Waals surface area contributed by atoms with Crippen molar-refractivity contribution in [3.63, 3.8) is 0 Å². The Morgan fingerprint density at radius 1 is 1.15 bits per heavy atom. The first kappa shape index (κ1) is 16.8. The van der Waals surface area contributed by atoms with Crippen molar-refractivity contribution in [1.29, 1.82) is 0 Å². The Hall–Kier alpha value is -2.60. The van der Waals surface area contributed by atoms with Crippen LogP contribution in [-0.2, 0) is 6.54 Å². The molecule has 0 spiro atoms. The average Bonchev–Trinajstić information content (AvgIpc) is 2.98. The standard InChI is InChI=1S/C20H20N2O3S/c1-4-22-15-10-12(2)9-13(3)18(15)26-20(22)21-19(23)14-5-6-16-17(11-14)25-8-7-24-16/h5-6,9-11H,4,7-8H2,1-3H3. The second-order valence-corrected chi connectivity index (χ2v) is 7.31. The topological polar surface area (TPSA) is 52.8 Å². The first-order valence-electron chi connectivity index (χ1n) is 8.66. The van der Waals surface area contributed by atoms with Crippen molar-refractivity contribution in [2.75, 3.05) is 13.2 Å². The number of aryl methyl sites for hydroxylation is 3. The number of aromatic nitrogens is 1. The molecule has 4 rings (SSSR count). The van der Waals surface area contributed by atoms with E-state index in [1.807, 2.05) is 0 Å². The number of carbonyl (C=O) groups excluding carboxylic acids is 1. The van der Waals surface area contributed by atoms with Crippen LogP contribution < -0.4 is 14.3 Å². The number of hydrogen-bond acceptors (Lipinski definition) is 4. The third kappa shape index (κ3) is 2.90. The van der Waals surface area contributed by atoms with Gasteiger partial charge in [0.25, 0.3) is 5.91 Å². The van der Waals surface area contributed by atoms with Gasteiger partial charge < -0.3 is 14.0 Å². The molecule has 2 aromatic carbocycles. The van der Waals surface area contributed by atoms with E-state index in [4.69, 9.17) is 9.47 Å². The van der Waals surface area contributed by atoms with Crippen LogP contribution in [0.2, 0.25) is 0 Å². The molecule has 0 aliphatic carbocycles. The third-order valence-electron chi connectivity index (χ3n) is 4.42. The molecule has 0 saturated heterocycles. The van der Waals surface area contributed by atoms with Crippen molar-refractivity contribution in [1.82, 2.24) is 4.57 Å². The molecule has 3 aromatic rings. The van der Waals surface area contributed by atoms with Crippen LogP contribution in [0, 0.1) is 13.8 Å². The number of thiazole rings is 1. The zero-order chi connectivity index (χ0) is 18.3. The highest BCUT2D eigenvalue weighted by molar-refractivity contribution is 7.16. The quantitative estimate of drug-likeness (QED) is 0.690. The SMILES string of the molecule is CCn1c(=NC(=O)c2ccc3c(c2)OCCO3)sc2c(C)cc(C)cc21. The fourth-order valence-electron chi connectivity index (χ4n) is 3.23. The van der Waals surface area contributed by atoms with Crippen LogP contribution in [0.5, 0.6) is 11.5 Å². The van der Waals surface area contributed by atoms with Crippen LogP contribution in [-0.4, -0.2) is 23.7 Å². The molecule has 0 fully saturated rings. The Bertz CT molecular complexity index is 1080. The normalized spacial score (nSPS) is 14.0. The van der Waals surface area contributed by atoms with Crippen molar-refractivity contribution in [3.8, 4) is 11.5 Å². The van der Waals surface area contributed by atoms with Gasteiger partial charge in [0.2, 0.25) is 0 Å². The zero-order valence-corrected chi connectivity index (χ0v) is 15.9. The van der Waals surface area contributed by atoms with Gasteiger partial charge in [-0.05, 0) is 56.2 Å². The molecule has 1 aromatic heterocycles. The van der Waals surface area contributed by atoms with Gasteiger partial charge >= 0.3 is 0 Å². The zero-order valence-electron chi connectivity index (χ0n) is 15.0. The molecule has 26 heavy (non-hydrogen) atoms. The summed E-state index contributed by atoms with van der Waals surface area (Å²) < 4.78 is 14.3. The predicted molar refractivity (Wildman–Crippen MR) is 102 cm³/mol. The van der Waals surface area contributed by atoms with Gasteiger partial charge in [-0.3, -0.25) is 4.79 Å². The van der Waals surface area contributed by atoms with E-state index in [0.717, 1.165) is 16.9 Å². The summed E-state index contributed by atoms with van der Waals surface area (Å²) in [6.07, 6.45) is 0. The van der Waals surface area contributed by atoms with Crippen molar-refractivity contribution in [2.24, 2.45) is 4.99 Å². The van der Waals surface area contributed by atoms with Crippen molar-refractivity contribution >= 4 is 27.5 Å². The minimum Gasteiger partial charge on any atom is -0.486 e. The molecular weight excluding hydrogens is 348 g/mol. The molecule has 2 heterocycles. The molecule has 0 saturated carbocycles. The maximum Gasteiger partial charge on any atom is 0.279 e. The van der Waals surface area contributed by atoms with Gasteiger partial charge in [-0.15, -0.1) is 0 Å². The second kappa shape index (κ2) is 6.61. The van der Waals surface area contributed by atoms with E-state index in [9.17, 15) is 4.79 Å². The van der Waals surface area contributed by atoms with Crippen LogP contribution in [0.1, 0.15) is 28.4 Å². The molecule has 0 atom stereocenters. The molecule has 1 aliphatic heterocycles. The highest BCUT2D eigenvalue weighted by atomic mass is 32.1. The number of fused-ring (bicyclic) bond motifs is 2. The largest absolute Gasteiger partial charge is 0.486 e. The number of amides is 1. The van der Waals surface area contributed by atoms with Gasteiger partial charge in [-0.25, -0.2) is 0 Å². The molecule has 0 radical (unpaired) electrons. The lowest BCUT2D eigenvalue weighted by atomic mass is 10.1. The number of hydrogen-bond donors (Lipinski definition) is 0. The van der Waals surface area contributed by atoms with Crippen LogP contribution in [0.4, 0.5) is 0 Å². The summed E-state index contributed by atoms with van der Waals surface area (Å²) in [4.78, 5) is 17.8.